The van der Waals surface area contributed by atoms with E-state index in [1.807, 2.05) is 0 Å². The maximum Gasteiger partial charge on any atom is 0.00764 e. The molecule has 3 rings (SSSR count). The Kier molecular flexibility index (Phi) is 2.80. The molecule has 1 N–H and O–H groups in total. The first-order valence-corrected chi connectivity index (χ1v) is 5.22. The van der Waals surface area contributed by atoms with Gasteiger partial charge in [0.25, 0.3) is 0 Å². The first kappa shape index (κ1) is 10.0. The lowest BCUT2D eigenvalue weighted by Crippen LogP contribution is -2.28. The molecular formula is C12H16ClN. The summed E-state index contributed by atoms with van der Waals surface area (Å²) in [4.78, 5) is 0. The van der Waals surface area contributed by atoms with Crippen molar-refractivity contribution in [2.75, 3.05) is 6.54 Å². The van der Waals surface area contributed by atoms with E-state index in [1.165, 1.54) is 19.4 Å². The van der Waals surface area contributed by atoms with E-state index < -0.39 is 0 Å². The fourth-order valence-corrected chi connectivity index (χ4v) is 2.94. The van der Waals surface area contributed by atoms with Crippen molar-refractivity contribution >= 4 is 12.4 Å². The molecule has 2 fully saturated rings. The lowest BCUT2D eigenvalue weighted by Gasteiger charge is -2.22. The van der Waals surface area contributed by atoms with Crippen molar-refractivity contribution in [3.05, 3.63) is 35.9 Å². The van der Waals surface area contributed by atoms with Crippen molar-refractivity contribution in [3.63, 3.8) is 0 Å². The Balaban J connectivity index is 0.000000750. The molecule has 0 spiro atoms. The number of halogens is 1. The molecule has 2 heteroatoms. The molecule has 1 heterocycles. The molecule has 14 heavy (non-hydrogen) atoms. The maximum absolute atomic E-state index is 3.56. The van der Waals surface area contributed by atoms with Gasteiger partial charge in [0.2, 0.25) is 0 Å². The van der Waals surface area contributed by atoms with Crippen LogP contribution in [0.2, 0.25) is 0 Å². The van der Waals surface area contributed by atoms with Crippen molar-refractivity contribution in [2.24, 2.45) is 5.92 Å². The number of hydrogen-bond acceptors (Lipinski definition) is 1. The fourth-order valence-electron chi connectivity index (χ4n) is 2.94. The highest BCUT2D eigenvalue weighted by Crippen LogP contribution is 2.42. The zero-order valence-corrected chi connectivity index (χ0v) is 8.96. The standard InChI is InChI=1S/C12H15N.ClH/c1-2-4-9(5-3-1)12-7-11-6-10(12)8-13-11;/h1-5,10-13H,6-8H2;1H. The average molecular weight is 210 g/mol. The largest absolute Gasteiger partial charge is 0.314 e. The summed E-state index contributed by atoms with van der Waals surface area (Å²) in [5, 5.41) is 3.56. The van der Waals surface area contributed by atoms with Gasteiger partial charge < -0.3 is 5.32 Å². The highest BCUT2D eigenvalue weighted by Gasteiger charge is 2.39. The van der Waals surface area contributed by atoms with Crippen LogP contribution in [0.3, 0.4) is 0 Å². The van der Waals surface area contributed by atoms with Gasteiger partial charge in [-0.05, 0) is 36.8 Å². The van der Waals surface area contributed by atoms with E-state index in [0.717, 1.165) is 17.9 Å². The zero-order valence-electron chi connectivity index (χ0n) is 8.15. The summed E-state index contributed by atoms with van der Waals surface area (Å²) in [5.41, 5.74) is 1.55. The molecule has 76 valence electrons. The lowest BCUT2D eigenvalue weighted by atomic mass is 9.88. The quantitative estimate of drug-likeness (QED) is 0.750. The molecule has 3 unspecified atom stereocenters. The van der Waals surface area contributed by atoms with Gasteiger partial charge in [0.15, 0.2) is 0 Å². The van der Waals surface area contributed by atoms with Crippen LogP contribution in [0.5, 0.6) is 0 Å². The average Bonchev–Trinajstić information content (AvgIpc) is 2.80. The zero-order chi connectivity index (χ0) is 8.67. The smallest absolute Gasteiger partial charge is 0.00764 e. The second-order valence-corrected chi connectivity index (χ2v) is 4.35. The lowest BCUT2D eigenvalue weighted by molar-refractivity contribution is 0.441. The van der Waals surface area contributed by atoms with Crippen LogP contribution in [-0.4, -0.2) is 12.6 Å². The highest BCUT2D eigenvalue weighted by molar-refractivity contribution is 5.85. The van der Waals surface area contributed by atoms with Gasteiger partial charge in [-0.25, -0.2) is 0 Å². The SMILES string of the molecule is Cl.c1ccc(C2CC3CC2CN3)cc1. The predicted molar refractivity (Wildman–Crippen MR) is 60.9 cm³/mol. The van der Waals surface area contributed by atoms with Crippen LogP contribution in [-0.2, 0) is 0 Å². The third-order valence-electron chi connectivity index (χ3n) is 3.59. The third-order valence-corrected chi connectivity index (χ3v) is 3.59. The van der Waals surface area contributed by atoms with Crippen LogP contribution in [0.1, 0.15) is 24.3 Å². The van der Waals surface area contributed by atoms with Gasteiger partial charge >= 0.3 is 0 Å². The molecule has 1 aliphatic carbocycles. The van der Waals surface area contributed by atoms with Crippen LogP contribution in [0.25, 0.3) is 0 Å². The number of hydrogen-bond donors (Lipinski definition) is 1. The van der Waals surface area contributed by atoms with Gasteiger partial charge in [0.05, 0.1) is 0 Å². The molecule has 1 aromatic carbocycles. The highest BCUT2D eigenvalue weighted by atomic mass is 35.5. The van der Waals surface area contributed by atoms with E-state index in [9.17, 15) is 0 Å². The van der Waals surface area contributed by atoms with Gasteiger partial charge in [-0.15, -0.1) is 12.4 Å². The van der Waals surface area contributed by atoms with E-state index in [0.29, 0.717) is 0 Å². The van der Waals surface area contributed by atoms with Gasteiger partial charge in [0, 0.05) is 6.04 Å². The molecule has 1 aliphatic heterocycles. The summed E-state index contributed by atoms with van der Waals surface area (Å²) >= 11 is 0. The minimum absolute atomic E-state index is 0. The maximum atomic E-state index is 3.56. The third kappa shape index (κ3) is 1.55. The summed E-state index contributed by atoms with van der Waals surface area (Å²) in [6, 6.07) is 11.8. The van der Waals surface area contributed by atoms with E-state index in [1.54, 1.807) is 5.56 Å². The first-order valence-electron chi connectivity index (χ1n) is 5.22. The summed E-state index contributed by atoms with van der Waals surface area (Å²) in [7, 11) is 0. The topological polar surface area (TPSA) is 12.0 Å². The minimum atomic E-state index is 0. The Bertz CT molecular complexity index is 298. The number of rotatable bonds is 1. The molecule has 2 bridgehead atoms. The molecule has 1 saturated carbocycles. The Morgan fingerprint density at radius 3 is 2.43 bits per heavy atom. The number of benzene rings is 1. The van der Waals surface area contributed by atoms with Gasteiger partial charge in [-0.2, -0.15) is 0 Å². The van der Waals surface area contributed by atoms with Crippen molar-refractivity contribution in [1.82, 2.24) is 5.32 Å². The minimum Gasteiger partial charge on any atom is -0.314 e. The predicted octanol–water partition coefficient (Wildman–Crippen LogP) is 2.57. The normalized spacial score (nSPS) is 34.1. The van der Waals surface area contributed by atoms with Gasteiger partial charge in [-0.3, -0.25) is 0 Å². The van der Waals surface area contributed by atoms with Crippen LogP contribution < -0.4 is 5.32 Å². The van der Waals surface area contributed by atoms with Crippen molar-refractivity contribution < 1.29 is 0 Å². The molecular weight excluding hydrogens is 194 g/mol. The van der Waals surface area contributed by atoms with E-state index >= 15 is 0 Å². The van der Waals surface area contributed by atoms with Gasteiger partial charge in [-0.1, -0.05) is 30.3 Å². The van der Waals surface area contributed by atoms with Crippen LogP contribution in [0.4, 0.5) is 0 Å². The Hall–Kier alpha value is -0.530. The van der Waals surface area contributed by atoms with Crippen molar-refractivity contribution in [3.8, 4) is 0 Å². The van der Waals surface area contributed by atoms with Crippen molar-refractivity contribution in [2.45, 2.75) is 24.8 Å². The molecule has 0 aromatic heterocycles. The van der Waals surface area contributed by atoms with Crippen LogP contribution in [0, 0.1) is 5.92 Å². The summed E-state index contributed by atoms with van der Waals surface area (Å²) in [6.07, 6.45) is 2.76. The van der Waals surface area contributed by atoms with Crippen molar-refractivity contribution in [1.29, 1.82) is 0 Å². The second-order valence-electron chi connectivity index (χ2n) is 4.35. The second kappa shape index (κ2) is 3.92. The summed E-state index contributed by atoms with van der Waals surface area (Å²) < 4.78 is 0. The number of nitrogens with one attached hydrogen (secondary N) is 1. The van der Waals surface area contributed by atoms with Crippen LogP contribution >= 0.6 is 12.4 Å². The molecule has 1 aromatic rings. The number of fused-ring (bicyclic) bond motifs is 2. The van der Waals surface area contributed by atoms with E-state index in [4.69, 9.17) is 0 Å². The Labute approximate surface area is 91.3 Å². The first-order chi connectivity index (χ1) is 6.43. The Morgan fingerprint density at radius 2 is 1.86 bits per heavy atom. The molecule has 3 atom stereocenters. The summed E-state index contributed by atoms with van der Waals surface area (Å²) in [5.74, 6) is 1.75. The number of piperidine rings is 1. The van der Waals surface area contributed by atoms with E-state index in [2.05, 4.69) is 35.6 Å². The molecule has 0 amide bonds. The molecule has 1 nitrogen and oxygen atoms in total. The fraction of sp³-hybridized carbons (Fsp3) is 0.500. The Morgan fingerprint density at radius 1 is 1.07 bits per heavy atom. The molecule has 1 saturated heterocycles. The van der Waals surface area contributed by atoms with Crippen LogP contribution in [0.15, 0.2) is 30.3 Å². The molecule has 2 aliphatic rings. The molecule has 0 radical (unpaired) electrons. The van der Waals surface area contributed by atoms with E-state index in [-0.39, 0.29) is 12.4 Å². The van der Waals surface area contributed by atoms with Gasteiger partial charge in [0.1, 0.15) is 0 Å². The monoisotopic (exact) mass is 209 g/mol. The summed E-state index contributed by atoms with van der Waals surface area (Å²) in [6.45, 7) is 1.24.